The van der Waals surface area contributed by atoms with E-state index in [2.05, 4.69) is 0 Å². The highest BCUT2D eigenvalue weighted by atomic mass is 16.6. The standard InChI is InChI=1S/C15H21NO3/c1-3-7-15(17)16(4-2)10-12-11-18-13-8-5-6-9-14(13)19-12/h5-6,8-9,12H,3-4,7,10-11H2,1-2H3/t12-/m0/s1. The summed E-state index contributed by atoms with van der Waals surface area (Å²) in [4.78, 5) is 13.8. The molecule has 1 aromatic carbocycles. The number of hydrogen-bond acceptors (Lipinski definition) is 3. The molecule has 0 bridgehead atoms. The summed E-state index contributed by atoms with van der Waals surface area (Å²) < 4.78 is 11.5. The second kappa shape index (κ2) is 6.45. The van der Waals surface area contributed by atoms with Gasteiger partial charge >= 0.3 is 0 Å². The van der Waals surface area contributed by atoms with Crippen LogP contribution in [0, 0.1) is 0 Å². The maximum Gasteiger partial charge on any atom is 0.222 e. The quantitative estimate of drug-likeness (QED) is 0.819. The van der Waals surface area contributed by atoms with Crippen molar-refractivity contribution in [2.24, 2.45) is 0 Å². The second-order valence-electron chi connectivity index (χ2n) is 4.68. The molecule has 1 aliphatic rings. The predicted octanol–water partition coefficient (Wildman–Crippen LogP) is 2.48. The van der Waals surface area contributed by atoms with Gasteiger partial charge in [0.15, 0.2) is 17.6 Å². The molecule has 0 fully saturated rings. The third-order valence-corrected chi connectivity index (χ3v) is 3.19. The number of benzene rings is 1. The van der Waals surface area contributed by atoms with Crippen molar-refractivity contribution >= 4 is 5.91 Å². The maximum absolute atomic E-state index is 11.9. The highest BCUT2D eigenvalue weighted by Gasteiger charge is 2.24. The van der Waals surface area contributed by atoms with E-state index in [1.54, 1.807) is 0 Å². The lowest BCUT2D eigenvalue weighted by molar-refractivity contribution is -0.132. The zero-order valence-electron chi connectivity index (χ0n) is 11.6. The van der Waals surface area contributed by atoms with Gasteiger partial charge in [0, 0.05) is 13.0 Å². The van der Waals surface area contributed by atoms with Crippen LogP contribution in [0.25, 0.3) is 0 Å². The maximum atomic E-state index is 11.9. The van der Waals surface area contributed by atoms with Gasteiger partial charge in [-0.2, -0.15) is 0 Å². The molecule has 0 saturated carbocycles. The minimum atomic E-state index is -0.0874. The van der Waals surface area contributed by atoms with Crippen molar-refractivity contribution < 1.29 is 14.3 Å². The van der Waals surface area contributed by atoms with Gasteiger partial charge in [-0.1, -0.05) is 19.1 Å². The molecule has 1 aliphatic heterocycles. The molecule has 0 N–H and O–H groups in total. The van der Waals surface area contributed by atoms with Crippen LogP contribution in [-0.4, -0.2) is 36.6 Å². The molecule has 1 amide bonds. The summed E-state index contributed by atoms with van der Waals surface area (Å²) in [5.74, 6) is 1.73. The number of carbonyl (C=O) groups excluding carboxylic acids is 1. The van der Waals surface area contributed by atoms with Gasteiger partial charge < -0.3 is 14.4 Å². The first kappa shape index (κ1) is 13.7. The minimum absolute atomic E-state index is 0.0874. The third-order valence-electron chi connectivity index (χ3n) is 3.19. The van der Waals surface area contributed by atoms with E-state index >= 15 is 0 Å². The zero-order valence-corrected chi connectivity index (χ0v) is 11.6. The second-order valence-corrected chi connectivity index (χ2v) is 4.68. The first-order valence-corrected chi connectivity index (χ1v) is 6.90. The molecule has 4 nitrogen and oxygen atoms in total. The fraction of sp³-hybridized carbons (Fsp3) is 0.533. The predicted molar refractivity (Wildman–Crippen MR) is 73.5 cm³/mol. The fourth-order valence-corrected chi connectivity index (χ4v) is 2.18. The van der Waals surface area contributed by atoms with E-state index < -0.39 is 0 Å². The molecule has 0 aromatic heterocycles. The van der Waals surface area contributed by atoms with E-state index in [4.69, 9.17) is 9.47 Å². The van der Waals surface area contributed by atoms with E-state index in [1.807, 2.05) is 43.0 Å². The van der Waals surface area contributed by atoms with E-state index in [1.165, 1.54) is 0 Å². The number of hydrogen-bond donors (Lipinski definition) is 0. The highest BCUT2D eigenvalue weighted by Crippen LogP contribution is 2.31. The average Bonchev–Trinajstić information content (AvgIpc) is 2.44. The number of carbonyl (C=O) groups is 1. The normalized spacial score (nSPS) is 17.1. The molecular weight excluding hydrogens is 242 g/mol. The van der Waals surface area contributed by atoms with Crippen LogP contribution < -0.4 is 9.47 Å². The van der Waals surface area contributed by atoms with E-state index in [-0.39, 0.29) is 12.0 Å². The Morgan fingerprint density at radius 3 is 2.74 bits per heavy atom. The number of rotatable bonds is 5. The number of nitrogens with zero attached hydrogens (tertiary/aromatic N) is 1. The molecule has 19 heavy (non-hydrogen) atoms. The molecule has 1 heterocycles. The number of amides is 1. The van der Waals surface area contributed by atoms with Gasteiger partial charge in [0.25, 0.3) is 0 Å². The first-order chi connectivity index (χ1) is 9.24. The summed E-state index contributed by atoms with van der Waals surface area (Å²) in [5.41, 5.74) is 0. The van der Waals surface area contributed by atoms with Gasteiger partial charge in [-0.3, -0.25) is 4.79 Å². The van der Waals surface area contributed by atoms with Gasteiger partial charge in [0.05, 0.1) is 6.54 Å². The fourth-order valence-electron chi connectivity index (χ4n) is 2.18. The van der Waals surface area contributed by atoms with E-state index in [0.29, 0.717) is 26.1 Å². The molecular formula is C15H21NO3. The SMILES string of the molecule is CCCC(=O)N(CC)C[C@H]1COc2ccccc2O1. The van der Waals surface area contributed by atoms with Crippen LogP contribution in [-0.2, 0) is 4.79 Å². The van der Waals surface area contributed by atoms with Crippen LogP contribution in [0.1, 0.15) is 26.7 Å². The lowest BCUT2D eigenvalue weighted by atomic mass is 10.2. The smallest absolute Gasteiger partial charge is 0.222 e. The lowest BCUT2D eigenvalue weighted by Gasteiger charge is -2.30. The van der Waals surface area contributed by atoms with Gasteiger partial charge in [-0.15, -0.1) is 0 Å². The van der Waals surface area contributed by atoms with Crippen molar-refractivity contribution in [1.82, 2.24) is 4.90 Å². The van der Waals surface area contributed by atoms with Crippen LogP contribution in [0.2, 0.25) is 0 Å². The van der Waals surface area contributed by atoms with Crippen molar-refractivity contribution in [3.05, 3.63) is 24.3 Å². The molecule has 0 unspecified atom stereocenters. The first-order valence-electron chi connectivity index (χ1n) is 6.90. The average molecular weight is 263 g/mol. The van der Waals surface area contributed by atoms with Crippen molar-refractivity contribution in [1.29, 1.82) is 0 Å². The van der Waals surface area contributed by atoms with Crippen LogP contribution >= 0.6 is 0 Å². The summed E-state index contributed by atoms with van der Waals surface area (Å²) >= 11 is 0. The zero-order chi connectivity index (χ0) is 13.7. The van der Waals surface area contributed by atoms with Crippen LogP contribution in [0.5, 0.6) is 11.5 Å². The van der Waals surface area contributed by atoms with Crippen molar-refractivity contribution in [3.63, 3.8) is 0 Å². The summed E-state index contributed by atoms with van der Waals surface area (Å²) in [5, 5.41) is 0. The topological polar surface area (TPSA) is 38.8 Å². The van der Waals surface area contributed by atoms with E-state index in [9.17, 15) is 4.79 Å². The Morgan fingerprint density at radius 1 is 1.32 bits per heavy atom. The van der Waals surface area contributed by atoms with Gasteiger partial charge in [0.1, 0.15) is 6.61 Å². The largest absolute Gasteiger partial charge is 0.486 e. The van der Waals surface area contributed by atoms with Gasteiger partial charge in [-0.05, 0) is 25.5 Å². The van der Waals surface area contributed by atoms with Crippen LogP contribution in [0.15, 0.2) is 24.3 Å². The van der Waals surface area contributed by atoms with Crippen molar-refractivity contribution in [2.75, 3.05) is 19.7 Å². The molecule has 0 aliphatic carbocycles. The Labute approximate surface area is 114 Å². The Morgan fingerprint density at radius 2 is 2.05 bits per heavy atom. The summed E-state index contributed by atoms with van der Waals surface area (Å²) in [6.07, 6.45) is 1.38. The molecule has 0 spiro atoms. The Balaban J connectivity index is 1.95. The van der Waals surface area contributed by atoms with Crippen LogP contribution in [0.3, 0.4) is 0 Å². The van der Waals surface area contributed by atoms with Crippen molar-refractivity contribution in [3.8, 4) is 11.5 Å². The van der Waals surface area contributed by atoms with Crippen LogP contribution in [0.4, 0.5) is 0 Å². The van der Waals surface area contributed by atoms with Crippen molar-refractivity contribution in [2.45, 2.75) is 32.8 Å². The Hall–Kier alpha value is -1.71. The van der Waals surface area contributed by atoms with E-state index in [0.717, 1.165) is 17.9 Å². The van der Waals surface area contributed by atoms with Gasteiger partial charge in [-0.25, -0.2) is 0 Å². The molecule has 0 saturated heterocycles. The summed E-state index contributed by atoms with van der Waals surface area (Å²) in [7, 11) is 0. The molecule has 1 aromatic rings. The highest BCUT2D eigenvalue weighted by molar-refractivity contribution is 5.76. The molecule has 0 radical (unpaired) electrons. The molecule has 4 heteroatoms. The summed E-state index contributed by atoms with van der Waals surface area (Å²) in [6, 6.07) is 7.63. The number of para-hydroxylation sites is 2. The lowest BCUT2D eigenvalue weighted by Crippen LogP contribution is -2.43. The minimum Gasteiger partial charge on any atom is -0.486 e. The van der Waals surface area contributed by atoms with Gasteiger partial charge in [0.2, 0.25) is 5.91 Å². The Bertz CT molecular complexity index is 433. The summed E-state index contributed by atoms with van der Waals surface area (Å²) in [6.45, 7) is 5.80. The monoisotopic (exact) mass is 263 g/mol. The molecule has 2 rings (SSSR count). The molecule has 1 atom stereocenters. The Kier molecular flexibility index (Phi) is 4.66. The molecule has 104 valence electrons. The number of fused-ring (bicyclic) bond motifs is 1. The number of likely N-dealkylation sites (N-methyl/N-ethyl adjacent to an activating group) is 1. The number of ether oxygens (including phenoxy) is 2. The third kappa shape index (κ3) is 3.40.